The van der Waals surface area contributed by atoms with Gasteiger partial charge in [0.2, 0.25) is 5.91 Å². The molecule has 1 heterocycles. The largest absolute Gasteiger partial charge is 0.355 e. The summed E-state index contributed by atoms with van der Waals surface area (Å²) >= 11 is 0. The molecular formula is C21H32N6O. The molecule has 2 rings (SSSR count). The zero-order valence-electron chi connectivity index (χ0n) is 17.8. The Balaban J connectivity index is 1.92. The summed E-state index contributed by atoms with van der Waals surface area (Å²) in [6.45, 7) is 11.5. The Hall–Kier alpha value is -2.83. The molecule has 0 unspecified atom stereocenters. The number of carbonyl (C=O) groups excluding carboxylic acids is 1. The van der Waals surface area contributed by atoms with Crippen LogP contribution in [0.15, 0.2) is 35.3 Å². The molecule has 7 heteroatoms. The Morgan fingerprint density at radius 2 is 1.79 bits per heavy atom. The summed E-state index contributed by atoms with van der Waals surface area (Å²) in [5.74, 6) is 0.726. The summed E-state index contributed by atoms with van der Waals surface area (Å²) in [4.78, 5) is 16.1. The van der Waals surface area contributed by atoms with Gasteiger partial charge < -0.3 is 16.0 Å². The van der Waals surface area contributed by atoms with Gasteiger partial charge in [0, 0.05) is 37.8 Å². The van der Waals surface area contributed by atoms with Gasteiger partial charge in [0.1, 0.15) is 0 Å². The third-order valence-corrected chi connectivity index (χ3v) is 4.28. The van der Waals surface area contributed by atoms with Crippen LogP contribution >= 0.6 is 0 Å². The molecule has 28 heavy (non-hydrogen) atoms. The van der Waals surface area contributed by atoms with Crippen molar-refractivity contribution in [2.24, 2.45) is 10.4 Å². The van der Waals surface area contributed by atoms with Gasteiger partial charge in [-0.1, -0.05) is 39.0 Å². The Morgan fingerprint density at radius 1 is 1.11 bits per heavy atom. The predicted molar refractivity (Wildman–Crippen MR) is 114 cm³/mol. The van der Waals surface area contributed by atoms with Crippen LogP contribution in [-0.4, -0.2) is 41.8 Å². The number of nitrogens with one attached hydrogen (secondary N) is 3. The minimum absolute atomic E-state index is 0.0380. The lowest BCUT2D eigenvalue weighted by Crippen LogP contribution is -2.43. The monoisotopic (exact) mass is 384 g/mol. The molecule has 0 spiro atoms. The smallest absolute Gasteiger partial charge is 0.225 e. The average Bonchev–Trinajstić information content (AvgIpc) is 2.98. The number of hydrogen-bond donors (Lipinski definition) is 3. The highest BCUT2D eigenvalue weighted by molar-refractivity contribution is 5.81. The van der Waals surface area contributed by atoms with Crippen LogP contribution in [0.4, 0.5) is 0 Å². The van der Waals surface area contributed by atoms with Gasteiger partial charge in [-0.3, -0.25) is 9.79 Å². The van der Waals surface area contributed by atoms with E-state index in [2.05, 4.69) is 51.2 Å². The fraction of sp³-hybridized carbons (Fsp3) is 0.476. The lowest BCUT2D eigenvalue weighted by atomic mass is 9.96. The van der Waals surface area contributed by atoms with Crippen LogP contribution in [0.3, 0.4) is 0 Å². The van der Waals surface area contributed by atoms with E-state index in [1.807, 2.05) is 44.5 Å². The first-order valence-corrected chi connectivity index (χ1v) is 9.56. The summed E-state index contributed by atoms with van der Waals surface area (Å²) in [5.41, 5.74) is 3.88. The number of aryl methyl sites for hydroxylation is 2. The molecule has 3 N–H and O–H groups in total. The van der Waals surface area contributed by atoms with Crippen molar-refractivity contribution in [1.82, 2.24) is 25.7 Å². The van der Waals surface area contributed by atoms with Gasteiger partial charge in [-0.25, -0.2) is 4.68 Å². The van der Waals surface area contributed by atoms with Gasteiger partial charge >= 0.3 is 0 Å². The highest BCUT2D eigenvalue weighted by Gasteiger charge is 2.20. The molecule has 1 aromatic carbocycles. The minimum atomic E-state index is -0.382. The van der Waals surface area contributed by atoms with E-state index in [0.717, 1.165) is 22.6 Å². The average molecular weight is 385 g/mol. The van der Waals surface area contributed by atoms with Gasteiger partial charge in [0.25, 0.3) is 0 Å². The SMILES string of the molecule is CN=C(NCCNC(=O)C(C)(C)C)NCc1ccccc1-n1nc(C)cc1C. The topological polar surface area (TPSA) is 83.3 Å². The summed E-state index contributed by atoms with van der Waals surface area (Å²) in [5, 5.41) is 14.1. The van der Waals surface area contributed by atoms with Gasteiger partial charge in [0.15, 0.2) is 5.96 Å². The number of amides is 1. The van der Waals surface area contributed by atoms with Gasteiger partial charge in [-0.05, 0) is 31.5 Å². The molecule has 7 nitrogen and oxygen atoms in total. The lowest BCUT2D eigenvalue weighted by Gasteiger charge is -2.18. The first-order chi connectivity index (χ1) is 13.2. The van der Waals surface area contributed by atoms with Crippen LogP contribution in [0, 0.1) is 19.3 Å². The number of carbonyl (C=O) groups is 1. The number of benzene rings is 1. The number of rotatable bonds is 6. The van der Waals surface area contributed by atoms with Crippen LogP contribution in [0.25, 0.3) is 5.69 Å². The lowest BCUT2D eigenvalue weighted by molar-refractivity contribution is -0.128. The highest BCUT2D eigenvalue weighted by Crippen LogP contribution is 2.17. The Kier molecular flexibility index (Phi) is 7.20. The van der Waals surface area contributed by atoms with Crippen molar-refractivity contribution in [1.29, 1.82) is 0 Å². The molecule has 0 aliphatic carbocycles. The molecule has 1 amide bonds. The van der Waals surface area contributed by atoms with E-state index in [1.165, 1.54) is 0 Å². The second-order valence-corrected chi connectivity index (χ2v) is 7.83. The van der Waals surface area contributed by atoms with Gasteiger partial charge in [-0.2, -0.15) is 5.10 Å². The van der Waals surface area contributed by atoms with Crippen molar-refractivity contribution in [3.05, 3.63) is 47.3 Å². The molecule has 0 bridgehead atoms. The van der Waals surface area contributed by atoms with E-state index < -0.39 is 0 Å². The van der Waals surface area contributed by atoms with E-state index in [9.17, 15) is 4.79 Å². The first kappa shape index (κ1) is 21.5. The molecule has 0 aliphatic rings. The Morgan fingerprint density at radius 3 is 2.39 bits per heavy atom. The Bertz CT molecular complexity index is 832. The zero-order chi connectivity index (χ0) is 20.7. The zero-order valence-corrected chi connectivity index (χ0v) is 17.8. The van der Waals surface area contributed by atoms with Crippen molar-refractivity contribution in [2.45, 2.75) is 41.2 Å². The molecule has 2 aromatic rings. The van der Waals surface area contributed by atoms with Crippen LogP contribution in [0.5, 0.6) is 0 Å². The number of aromatic nitrogens is 2. The third-order valence-electron chi connectivity index (χ3n) is 4.28. The second-order valence-electron chi connectivity index (χ2n) is 7.83. The van der Waals surface area contributed by atoms with Gasteiger partial charge in [-0.15, -0.1) is 0 Å². The van der Waals surface area contributed by atoms with Crippen molar-refractivity contribution < 1.29 is 4.79 Å². The number of aliphatic imine (C=N–C) groups is 1. The number of para-hydroxylation sites is 1. The highest BCUT2D eigenvalue weighted by atomic mass is 16.2. The fourth-order valence-corrected chi connectivity index (χ4v) is 2.76. The van der Waals surface area contributed by atoms with Crippen LogP contribution in [0.1, 0.15) is 37.7 Å². The van der Waals surface area contributed by atoms with Crippen molar-refractivity contribution in [3.8, 4) is 5.69 Å². The molecule has 152 valence electrons. The van der Waals surface area contributed by atoms with Crippen LogP contribution in [0.2, 0.25) is 0 Å². The fourth-order valence-electron chi connectivity index (χ4n) is 2.76. The molecular weight excluding hydrogens is 352 g/mol. The standard InChI is InChI=1S/C21H32N6O/c1-15-13-16(2)27(26-15)18-10-8-7-9-17(18)14-25-20(22-6)24-12-11-23-19(28)21(3,4)5/h7-10,13H,11-12,14H2,1-6H3,(H,23,28)(H2,22,24,25). The summed E-state index contributed by atoms with van der Waals surface area (Å²) in [6.07, 6.45) is 0. The molecule has 0 saturated heterocycles. The van der Waals surface area contributed by atoms with Crippen molar-refractivity contribution in [2.75, 3.05) is 20.1 Å². The number of nitrogens with zero attached hydrogens (tertiary/aromatic N) is 3. The van der Waals surface area contributed by atoms with E-state index in [4.69, 9.17) is 0 Å². The summed E-state index contributed by atoms with van der Waals surface area (Å²) < 4.78 is 1.96. The number of guanidine groups is 1. The van der Waals surface area contributed by atoms with E-state index in [-0.39, 0.29) is 11.3 Å². The normalized spacial score (nSPS) is 12.0. The molecule has 0 fully saturated rings. The van der Waals surface area contributed by atoms with E-state index >= 15 is 0 Å². The van der Waals surface area contributed by atoms with E-state index in [1.54, 1.807) is 7.05 Å². The summed E-state index contributed by atoms with van der Waals surface area (Å²) in [6, 6.07) is 10.2. The van der Waals surface area contributed by atoms with Crippen molar-refractivity contribution >= 4 is 11.9 Å². The maximum absolute atomic E-state index is 11.9. The molecule has 0 radical (unpaired) electrons. The second kappa shape index (κ2) is 9.39. The van der Waals surface area contributed by atoms with E-state index in [0.29, 0.717) is 25.6 Å². The predicted octanol–water partition coefficient (Wildman–Crippen LogP) is 2.32. The van der Waals surface area contributed by atoms with Crippen LogP contribution < -0.4 is 16.0 Å². The van der Waals surface area contributed by atoms with Crippen LogP contribution in [-0.2, 0) is 11.3 Å². The van der Waals surface area contributed by atoms with Gasteiger partial charge in [0.05, 0.1) is 11.4 Å². The van der Waals surface area contributed by atoms with Crippen molar-refractivity contribution in [3.63, 3.8) is 0 Å². The minimum Gasteiger partial charge on any atom is -0.355 e. The third kappa shape index (κ3) is 5.84. The quantitative estimate of drug-likeness (QED) is 0.405. The molecule has 1 aromatic heterocycles. The Labute approximate surface area is 167 Å². The maximum Gasteiger partial charge on any atom is 0.225 e. The molecule has 0 aliphatic heterocycles. The molecule has 0 saturated carbocycles. The maximum atomic E-state index is 11.9. The molecule has 0 atom stereocenters. The number of hydrogen-bond acceptors (Lipinski definition) is 3. The first-order valence-electron chi connectivity index (χ1n) is 9.56. The summed E-state index contributed by atoms with van der Waals surface area (Å²) in [7, 11) is 1.73.